The minimum atomic E-state index is 0.0338. The molecule has 0 aromatic heterocycles. The van der Waals surface area contributed by atoms with Crippen molar-refractivity contribution in [3.63, 3.8) is 0 Å². The molecule has 1 N–H and O–H groups in total. The summed E-state index contributed by atoms with van der Waals surface area (Å²) in [5.41, 5.74) is 0. The van der Waals surface area contributed by atoms with Crippen molar-refractivity contribution in [2.75, 3.05) is 0 Å². The number of hydrogen-bond donors (Lipinski definition) is 1. The molecule has 1 aliphatic heterocycles. The van der Waals surface area contributed by atoms with E-state index in [1.165, 1.54) is 25.7 Å². The predicted octanol–water partition coefficient (Wildman–Crippen LogP) is 3.54. The molecular formula is C17H32N2O. The Balaban J connectivity index is 2.19. The summed E-state index contributed by atoms with van der Waals surface area (Å²) >= 11 is 0. The van der Waals surface area contributed by atoms with Crippen LogP contribution in [0.4, 0.5) is 0 Å². The first kappa shape index (κ1) is 15.8. The minimum absolute atomic E-state index is 0.0338. The number of nitrogens with zero attached hydrogens (tertiary/aromatic N) is 1. The van der Waals surface area contributed by atoms with Gasteiger partial charge in [-0.2, -0.15) is 0 Å². The predicted molar refractivity (Wildman–Crippen MR) is 83.3 cm³/mol. The van der Waals surface area contributed by atoms with Gasteiger partial charge < -0.3 is 4.90 Å². The summed E-state index contributed by atoms with van der Waals surface area (Å²) in [5, 5.41) is 3.68. The molecule has 3 atom stereocenters. The van der Waals surface area contributed by atoms with E-state index < -0.39 is 0 Å². The standard InChI is InChI=1S/C17H32N2O/c1-5-9-14(6-2)19-16(13-10-7-8-11-13)18-15(12(3)4)17(19)20/h12-16,18H,5-11H2,1-4H3. The van der Waals surface area contributed by atoms with Gasteiger partial charge in [-0.1, -0.05) is 47.0 Å². The maximum absolute atomic E-state index is 12.9. The minimum Gasteiger partial charge on any atom is -0.323 e. The second kappa shape index (κ2) is 6.93. The molecule has 1 amide bonds. The van der Waals surface area contributed by atoms with E-state index in [9.17, 15) is 4.79 Å². The number of nitrogens with one attached hydrogen (secondary N) is 1. The molecule has 0 aromatic rings. The first-order chi connectivity index (χ1) is 9.60. The van der Waals surface area contributed by atoms with Crippen LogP contribution < -0.4 is 5.32 Å². The van der Waals surface area contributed by atoms with Gasteiger partial charge in [0.05, 0.1) is 12.2 Å². The molecule has 20 heavy (non-hydrogen) atoms. The molecule has 0 bridgehead atoms. The summed E-state index contributed by atoms with van der Waals surface area (Å²) in [6, 6.07) is 0.459. The molecule has 1 saturated carbocycles. The summed E-state index contributed by atoms with van der Waals surface area (Å²) in [6.07, 6.45) is 8.92. The molecule has 1 saturated heterocycles. The normalized spacial score (nSPS) is 29.6. The van der Waals surface area contributed by atoms with Gasteiger partial charge in [-0.15, -0.1) is 0 Å². The molecule has 3 heteroatoms. The van der Waals surface area contributed by atoms with E-state index in [0.29, 0.717) is 30.0 Å². The maximum atomic E-state index is 12.9. The van der Waals surface area contributed by atoms with Gasteiger partial charge >= 0.3 is 0 Å². The fourth-order valence-corrected chi connectivity index (χ4v) is 4.03. The molecular weight excluding hydrogens is 248 g/mol. The Morgan fingerprint density at radius 3 is 2.40 bits per heavy atom. The third-order valence-electron chi connectivity index (χ3n) is 5.17. The molecule has 1 aliphatic carbocycles. The van der Waals surface area contributed by atoms with Crippen LogP contribution in [-0.4, -0.2) is 29.1 Å². The summed E-state index contributed by atoms with van der Waals surface area (Å²) < 4.78 is 0. The van der Waals surface area contributed by atoms with Crippen molar-refractivity contribution >= 4 is 5.91 Å². The second-order valence-corrected chi connectivity index (χ2v) is 6.97. The monoisotopic (exact) mass is 280 g/mol. The van der Waals surface area contributed by atoms with Gasteiger partial charge in [-0.3, -0.25) is 10.1 Å². The summed E-state index contributed by atoms with van der Waals surface area (Å²) in [7, 11) is 0. The smallest absolute Gasteiger partial charge is 0.241 e. The highest BCUT2D eigenvalue weighted by Crippen LogP contribution is 2.35. The van der Waals surface area contributed by atoms with Gasteiger partial charge in [0.25, 0.3) is 0 Å². The number of rotatable bonds is 6. The second-order valence-electron chi connectivity index (χ2n) is 6.97. The Kier molecular flexibility index (Phi) is 5.48. The number of carbonyl (C=O) groups excluding carboxylic acids is 1. The average molecular weight is 280 g/mol. The molecule has 2 rings (SSSR count). The lowest BCUT2D eigenvalue weighted by Gasteiger charge is -2.35. The molecule has 0 spiro atoms. The number of amides is 1. The first-order valence-electron chi connectivity index (χ1n) is 8.68. The van der Waals surface area contributed by atoms with E-state index in [1.54, 1.807) is 0 Å². The molecule has 3 unspecified atom stereocenters. The van der Waals surface area contributed by atoms with E-state index in [2.05, 4.69) is 37.9 Å². The van der Waals surface area contributed by atoms with Gasteiger partial charge in [-0.05, 0) is 37.5 Å². The lowest BCUT2D eigenvalue weighted by molar-refractivity contribution is -0.134. The molecule has 116 valence electrons. The third-order valence-corrected chi connectivity index (χ3v) is 5.17. The van der Waals surface area contributed by atoms with Crippen LogP contribution in [0.3, 0.4) is 0 Å². The van der Waals surface area contributed by atoms with Crippen molar-refractivity contribution in [1.82, 2.24) is 10.2 Å². The Morgan fingerprint density at radius 1 is 1.25 bits per heavy atom. The zero-order valence-corrected chi connectivity index (χ0v) is 13.7. The number of hydrogen-bond acceptors (Lipinski definition) is 2. The van der Waals surface area contributed by atoms with E-state index in [-0.39, 0.29) is 6.04 Å². The molecule has 2 fully saturated rings. The summed E-state index contributed by atoms with van der Waals surface area (Å²) in [6.45, 7) is 8.76. The van der Waals surface area contributed by atoms with Crippen LogP contribution in [0, 0.1) is 11.8 Å². The topological polar surface area (TPSA) is 32.3 Å². The lowest BCUT2D eigenvalue weighted by Crippen LogP contribution is -2.47. The fraction of sp³-hybridized carbons (Fsp3) is 0.941. The van der Waals surface area contributed by atoms with Crippen LogP contribution >= 0.6 is 0 Å². The Bertz CT molecular complexity index is 323. The third kappa shape index (κ3) is 3.03. The zero-order chi connectivity index (χ0) is 14.7. The van der Waals surface area contributed by atoms with Crippen LogP contribution in [0.1, 0.15) is 72.6 Å². The van der Waals surface area contributed by atoms with Crippen LogP contribution in [0.15, 0.2) is 0 Å². The Hall–Kier alpha value is -0.570. The van der Waals surface area contributed by atoms with E-state index in [4.69, 9.17) is 0 Å². The van der Waals surface area contributed by atoms with Crippen molar-refractivity contribution in [2.24, 2.45) is 11.8 Å². The maximum Gasteiger partial charge on any atom is 0.241 e. The first-order valence-corrected chi connectivity index (χ1v) is 8.68. The number of carbonyl (C=O) groups is 1. The molecule has 0 radical (unpaired) electrons. The van der Waals surface area contributed by atoms with Gasteiger partial charge in [0, 0.05) is 6.04 Å². The van der Waals surface area contributed by atoms with E-state index in [1.807, 2.05) is 0 Å². The zero-order valence-electron chi connectivity index (χ0n) is 13.7. The molecule has 1 heterocycles. The molecule has 0 aromatic carbocycles. The average Bonchev–Trinajstić information content (AvgIpc) is 3.03. The van der Waals surface area contributed by atoms with Gasteiger partial charge in [0.1, 0.15) is 0 Å². The molecule has 3 nitrogen and oxygen atoms in total. The van der Waals surface area contributed by atoms with Crippen LogP contribution in [0.2, 0.25) is 0 Å². The van der Waals surface area contributed by atoms with Crippen LogP contribution in [-0.2, 0) is 4.79 Å². The van der Waals surface area contributed by atoms with Crippen molar-refractivity contribution < 1.29 is 4.79 Å². The SMILES string of the molecule is CCCC(CC)N1C(=O)C(C(C)C)NC1C1CCCC1. The quantitative estimate of drug-likeness (QED) is 0.807. The van der Waals surface area contributed by atoms with Gasteiger partial charge in [0.15, 0.2) is 0 Å². The summed E-state index contributed by atoms with van der Waals surface area (Å²) in [5.74, 6) is 1.42. The Morgan fingerprint density at radius 2 is 1.90 bits per heavy atom. The highest BCUT2D eigenvalue weighted by Gasteiger charge is 2.46. The summed E-state index contributed by atoms with van der Waals surface area (Å²) in [4.78, 5) is 15.1. The largest absolute Gasteiger partial charge is 0.323 e. The molecule has 2 aliphatic rings. The van der Waals surface area contributed by atoms with E-state index >= 15 is 0 Å². The van der Waals surface area contributed by atoms with Crippen LogP contribution in [0.25, 0.3) is 0 Å². The van der Waals surface area contributed by atoms with Crippen molar-refractivity contribution in [3.05, 3.63) is 0 Å². The van der Waals surface area contributed by atoms with Crippen molar-refractivity contribution in [3.8, 4) is 0 Å². The van der Waals surface area contributed by atoms with Crippen molar-refractivity contribution in [2.45, 2.75) is 90.9 Å². The van der Waals surface area contributed by atoms with E-state index in [0.717, 1.165) is 19.3 Å². The van der Waals surface area contributed by atoms with Gasteiger partial charge in [-0.25, -0.2) is 0 Å². The van der Waals surface area contributed by atoms with Crippen molar-refractivity contribution in [1.29, 1.82) is 0 Å². The fourth-order valence-electron chi connectivity index (χ4n) is 4.03. The van der Waals surface area contributed by atoms with Crippen LogP contribution in [0.5, 0.6) is 0 Å². The lowest BCUT2D eigenvalue weighted by atomic mass is 10.00. The Labute approximate surface area is 124 Å². The highest BCUT2D eigenvalue weighted by atomic mass is 16.2. The highest BCUT2D eigenvalue weighted by molar-refractivity contribution is 5.85. The van der Waals surface area contributed by atoms with Gasteiger partial charge in [0.2, 0.25) is 5.91 Å².